The van der Waals surface area contributed by atoms with E-state index in [1.54, 1.807) is 0 Å². The molecule has 4 rings (SSSR count). The van der Waals surface area contributed by atoms with Gasteiger partial charge in [-0.25, -0.2) is 0 Å². The van der Waals surface area contributed by atoms with Gasteiger partial charge in [0, 0.05) is 24.4 Å². The number of para-hydroxylation sites is 1. The van der Waals surface area contributed by atoms with Gasteiger partial charge in [0.2, 0.25) is 5.91 Å². The second-order valence-corrected chi connectivity index (χ2v) is 7.03. The molecule has 2 amide bonds. The van der Waals surface area contributed by atoms with E-state index in [2.05, 4.69) is 26.1 Å². The molecule has 1 aromatic carbocycles. The van der Waals surface area contributed by atoms with Crippen LogP contribution in [0.3, 0.4) is 0 Å². The predicted molar refractivity (Wildman–Crippen MR) is 94.1 cm³/mol. The standard InChI is InChI=1S/C18H23N5O2/c24-16(13-11-18(13)5-7-19-8-6-18)20-9-10-21-17(25)15-12-3-1-2-4-14(12)22-23-15/h1-4,13,19H,5-11H2,(H,20,24)(H,21,25)(H,22,23). The van der Waals surface area contributed by atoms with Gasteiger partial charge in [0.25, 0.3) is 5.91 Å². The number of fused-ring (bicyclic) bond motifs is 1. The van der Waals surface area contributed by atoms with Crippen molar-refractivity contribution < 1.29 is 9.59 Å². The Labute approximate surface area is 145 Å². The maximum atomic E-state index is 12.3. The Hall–Kier alpha value is -2.41. The summed E-state index contributed by atoms with van der Waals surface area (Å²) in [6.45, 7) is 2.86. The number of aromatic nitrogens is 2. The summed E-state index contributed by atoms with van der Waals surface area (Å²) in [4.78, 5) is 24.5. The number of H-pyrrole nitrogens is 1. The molecule has 1 atom stereocenters. The lowest BCUT2D eigenvalue weighted by atomic mass is 9.92. The van der Waals surface area contributed by atoms with Gasteiger partial charge in [-0.2, -0.15) is 5.10 Å². The molecule has 0 radical (unpaired) electrons. The SMILES string of the molecule is O=C(NCCNC(=O)C1CC12CCNCC2)c1n[nH]c2ccccc12. The summed E-state index contributed by atoms with van der Waals surface area (Å²) in [6, 6.07) is 7.51. The molecule has 2 fully saturated rings. The van der Waals surface area contributed by atoms with Crippen molar-refractivity contribution in [1.29, 1.82) is 0 Å². The van der Waals surface area contributed by atoms with Crippen LogP contribution in [0.25, 0.3) is 10.9 Å². The van der Waals surface area contributed by atoms with Crippen LogP contribution in [0.4, 0.5) is 0 Å². The maximum Gasteiger partial charge on any atom is 0.272 e. The highest BCUT2D eigenvalue weighted by Crippen LogP contribution is 2.58. The van der Waals surface area contributed by atoms with Crippen molar-refractivity contribution in [1.82, 2.24) is 26.1 Å². The highest BCUT2D eigenvalue weighted by atomic mass is 16.2. The van der Waals surface area contributed by atoms with Crippen LogP contribution >= 0.6 is 0 Å². The maximum absolute atomic E-state index is 12.3. The molecule has 132 valence electrons. The predicted octanol–water partition coefficient (Wildman–Crippen LogP) is 0.799. The largest absolute Gasteiger partial charge is 0.354 e. The van der Waals surface area contributed by atoms with Crippen LogP contribution in [-0.4, -0.2) is 48.2 Å². The van der Waals surface area contributed by atoms with E-state index in [-0.39, 0.29) is 23.1 Å². The van der Waals surface area contributed by atoms with Crippen LogP contribution in [0, 0.1) is 11.3 Å². The second-order valence-electron chi connectivity index (χ2n) is 7.03. The van der Waals surface area contributed by atoms with Crippen molar-refractivity contribution in [3.8, 4) is 0 Å². The molecule has 2 heterocycles. The molecule has 1 aliphatic carbocycles. The fourth-order valence-electron chi connectivity index (χ4n) is 3.90. The van der Waals surface area contributed by atoms with Crippen LogP contribution in [-0.2, 0) is 4.79 Å². The Morgan fingerprint density at radius 3 is 2.76 bits per heavy atom. The smallest absolute Gasteiger partial charge is 0.272 e. The number of carbonyl (C=O) groups is 2. The average Bonchev–Trinajstić information content (AvgIpc) is 3.15. The van der Waals surface area contributed by atoms with Crippen LogP contribution < -0.4 is 16.0 Å². The average molecular weight is 341 g/mol. The minimum atomic E-state index is -0.229. The lowest BCUT2D eigenvalue weighted by Gasteiger charge is -2.23. The van der Waals surface area contributed by atoms with Crippen molar-refractivity contribution in [2.75, 3.05) is 26.2 Å². The first-order chi connectivity index (χ1) is 12.2. The van der Waals surface area contributed by atoms with Crippen LogP contribution in [0.2, 0.25) is 0 Å². The lowest BCUT2D eigenvalue weighted by molar-refractivity contribution is -0.123. The molecule has 1 unspecified atom stereocenters. The molecule has 1 saturated heterocycles. The second kappa shape index (κ2) is 6.48. The summed E-state index contributed by atoms with van der Waals surface area (Å²) in [6.07, 6.45) is 3.19. The number of amides is 2. The van der Waals surface area contributed by atoms with Gasteiger partial charge in [0.1, 0.15) is 0 Å². The summed E-state index contributed by atoms with van der Waals surface area (Å²) in [7, 11) is 0. The molecule has 7 nitrogen and oxygen atoms in total. The Kier molecular flexibility index (Phi) is 4.17. The molecule has 2 aliphatic rings. The normalized spacial score (nSPS) is 21.2. The van der Waals surface area contributed by atoms with E-state index in [0.29, 0.717) is 18.8 Å². The number of rotatable bonds is 5. The van der Waals surface area contributed by atoms with E-state index in [1.165, 1.54) is 0 Å². The Morgan fingerprint density at radius 2 is 1.92 bits per heavy atom. The quantitative estimate of drug-likeness (QED) is 0.605. The number of piperidine rings is 1. The van der Waals surface area contributed by atoms with Gasteiger partial charge in [-0.05, 0) is 43.8 Å². The molecule has 1 spiro atoms. The van der Waals surface area contributed by atoms with Gasteiger partial charge >= 0.3 is 0 Å². The number of nitrogens with zero attached hydrogens (tertiary/aromatic N) is 1. The number of hydrogen-bond acceptors (Lipinski definition) is 4. The Bertz CT molecular complexity index is 794. The molecule has 1 saturated carbocycles. The zero-order valence-electron chi connectivity index (χ0n) is 14.1. The molecular weight excluding hydrogens is 318 g/mol. The van der Waals surface area contributed by atoms with Crippen LogP contribution in [0.5, 0.6) is 0 Å². The monoisotopic (exact) mass is 341 g/mol. The summed E-state index contributed by atoms with van der Waals surface area (Å²) in [5.41, 5.74) is 1.46. The topological polar surface area (TPSA) is 98.9 Å². The lowest BCUT2D eigenvalue weighted by Crippen LogP contribution is -2.37. The van der Waals surface area contributed by atoms with Crippen molar-refractivity contribution in [2.24, 2.45) is 11.3 Å². The zero-order valence-corrected chi connectivity index (χ0v) is 14.1. The van der Waals surface area contributed by atoms with E-state index in [4.69, 9.17) is 0 Å². The molecule has 1 aromatic heterocycles. The number of benzene rings is 1. The van der Waals surface area contributed by atoms with Gasteiger partial charge in [-0.3, -0.25) is 14.7 Å². The van der Waals surface area contributed by atoms with E-state index < -0.39 is 0 Å². The summed E-state index contributed by atoms with van der Waals surface area (Å²) in [5.74, 6) is 0.0508. The highest BCUT2D eigenvalue weighted by molar-refractivity contribution is 6.04. The van der Waals surface area contributed by atoms with Gasteiger partial charge in [0.05, 0.1) is 5.52 Å². The molecule has 4 N–H and O–H groups in total. The first-order valence-corrected chi connectivity index (χ1v) is 8.89. The molecule has 7 heteroatoms. The van der Waals surface area contributed by atoms with E-state index in [0.717, 1.165) is 43.3 Å². The minimum Gasteiger partial charge on any atom is -0.354 e. The van der Waals surface area contributed by atoms with Gasteiger partial charge in [0.15, 0.2) is 5.69 Å². The van der Waals surface area contributed by atoms with Crippen LogP contribution in [0.15, 0.2) is 24.3 Å². The van der Waals surface area contributed by atoms with Gasteiger partial charge in [-0.1, -0.05) is 18.2 Å². The minimum absolute atomic E-state index is 0.126. The number of carbonyl (C=O) groups excluding carboxylic acids is 2. The molecule has 2 aromatic rings. The highest BCUT2D eigenvalue weighted by Gasteiger charge is 2.57. The third kappa shape index (κ3) is 3.11. The van der Waals surface area contributed by atoms with E-state index >= 15 is 0 Å². The molecule has 1 aliphatic heterocycles. The fraction of sp³-hybridized carbons (Fsp3) is 0.500. The Morgan fingerprint density at radius 1 is 1.16 bits per heavy atom. The number of hydrogen-bond donors (Lipinski definition) is 4. The number of nitrogens with one attached hydrogen (secondary N) is 4. The Balaban J connectivity index is 1.23. The summed E-state index contributed by atoms with van der Waals surface area (Å²) in [5, 5.41) is 16.8. The van der Waals surface area contributed by atoms with Gasteiger partial charge < -0.3 is 16.0 Å². The first kappa shape index (κ1) is 16.1. The van der Waals surface area contributed by atoms with Gasteiger partial charge in [-0.15, -0.1) is 0 Å². The fourth-order valence-corrected chi connectivity index (χ4v) is 3.90. The van der Waals surface area contributed by atoms with Crippen molar-refractivity contribution in [3.05, 3.63) is 30.0 Å². The van der Waals surface area contributed by atoms with Crippen molar-refractivity contribution in [2.45, 2.75) is 19.3 Å². The van der Waals surface area contributed by atoms with Crippen LogP contribution in [0.1, 0.15) is 29.8 Å². The van der Waals surface area contributed by atoms with E-state index in [9.17, 15) is 9.59 Å². The van der Waals surface area contributed by atoms with Crippen molar-refractivity contribution >= 4 is 22.7 Å². The summed E-state index contributed by atoms with van der Waals surface area (Å²) < 4.78 is 0. The third-order valence-corrected chi connectivity index (χ3v) is 5.50. The molecule has 0 bridgehead atoms. The zero-order chi connectivity index (χ0) is 17.3. The molecular formula is C18H23N5O2. The van der Waals surface area contributed by atoms with Crippen molar-refractivity contribution in [3.63, 3.8) is 0 Å². The molecule has 25 heavy (non-hydrogen) atoms. The summed E-state index contributed by atoms with van der Waals surface area (Å²) >= 11 is 0. The first-order valence-electron chi connectivity index (χ1n) is 8.89. The third-order valence-electron chi connectivity index (χ3n) is 5.50. The number of aromatic amines is 1. The van der Waals surface area contributed by atoms with E-state index in [1.807, 2.05) is 24.3 Å².